The molecule has 0 heterocycles. The number of rotatable bonds is 3. The maximum absolute atomic E-state index is 3.52. The van der Waals surface area contributed by atoms with Crippen LogP contribution in [0.1, 0.15) is 5.56 Å². The van der Waals surface area contributed by atoms with Crippen LogP contribution in [0.15, 0.2) is 81.7 Å². The summed E-state index contributed by atoms with van der Waals surface area (Å²) in [4.78, 5) is 2.24. The lowest BCUT2D eigenvalue weighted by molar-refractivity contribution is 1.28. The second-order valence-corrected chi connectivity index (χ2v) is 13.9. The minimum absolute atomic E-state index is 1.06. The van der Waals surface area contributed by atoms with E-state index in [-0.39, 0.29) is 0 Å². The minimum atomic E-state index is -1.37. The molecular weight excluding hydrogens is 478 g/mol. The number of benzene rings is 3. The Labute approximate surface area is 179 Å². The van der Waals surface area contributed by atoms with Gasteiger partial charge in [0.1, 0.15) is 8.07 Å². The van der Waals surface area contributed by atoms with Crippen molar-refractivity contribution in [2.45, 2.75) is 19.6 Å². The molecule has 0 unspecified atom stereocenters. The van der Waals surface area contributed by atoms with Crippen molar-refractivity contribution in [3.8, 4) is 11.5 Å². The van der Waals surface area contributed by atoms with Crippen LogP contribution in [0, 0.1) is 11.5 Å². The van der Waals surface area contributed by atoms with E-state index in [1.54, 1.807) is 0 Å². The van der Waals surface area contributed by atoms with Crippen LogP contribution >= 0.6 is 31.9 Å². The van der Waals surface area contributed by atoms with Gasteiger partial charge in [0.2, 0.25) is 0 Å². The van der Waals surface area contributed by atoms with Crippen molar-refractivity contribution < 1.29 is 0 Å². The third kappa shape index (κ3) is 5.59. The minimum Gasteiger partial charge on any atom is -0.311 e. The first-order valence-electron chi connectivity index (χ1n) is 8.76. The van der Waals surface area contributed by atoms with Crippen LogP contribution in [0.25, 0.3) is 0 Å². The maximum atomic E-state index is 3.52. The normalized spacial score (nSPS) is 10.9. The molecule has 0 amide bonds. The SMILES string of the molecule is C[Si](C)(C)C#Cc1ccc(N(c2ccc(Br)cc2)c2ccc(Br)cc2)cc1. The molecule has 3 rings (SSSR count). The van der Waals surface area contributed by atoms with Crippen LogP contribution in [0.5, 0.6) is 0 Å². The Kier molecular flexibility index (Phi) is 6.26. The van der Waals surface area contributed by atoms with E-state index < -0.39 is 8.07 Å². The number of hydrogen-bond acceptors (Lipinski definition) is 1. The van der Waals surface area contributed by atoms with Crippen LogP contribution in [0.2, 0.25) is 19.6 Å². The zero-order valence-electron chi connectivity index (χ0n) is 15.6. The van der Waals surface area contributed by atoms with E-state index in [2.05, 4.69) is 141 Å². The molecule has 4 heteroatoms. The van der Waals surface area contributed by atoms with Gasteiger partial charge in [-0.3, -0.25) is 0 Å². The highest BCUT2D eigenvalue weighted by molar-refractivity contribution is 9.10. The Morgan fingerprint density at radius 3 is 1.37 bits per heavy atom. The summed E-state index contributed by atoms with van der Waals surface area (Å²) in [6.45, 7) is 6.78. The van der Waals surface area contributed by atoms with Crippen molar-refractivity contribution in [2.75, 3.05) is 4.90 Å². The lowest BCUT2D eigenvalue weighted by Crippen LogP contribution is -2.16. The average Bonchev–Trinajstić information content (AvgIpc) is 2.64. The fourth-order valence-corrected chi connectivity index (χ4v) is 3.63. The zero-order chi connectivity index (χ0) is 19.4. The van der Waals surface area contributed by atoms with Gasteiger partial charge in [-0.15, -0.1) is 5.54 Å². The van der Waals surface area contributed by atoms with Gasteiger partial charge in [-0.2, -0.15) is 0 Å². The van der Waals surface area contributed by atoms with Gasteiger partial charge >= 0.3 is 0 Å². The van der Waals surface area contributed by atoms with Gasteiger partial charge in [0.25, 0.3) is 0 Å². The van der Waals surface area contributed by atoms with Crippen LogP contribution in [-0.2, 0) is 0 Å². The van der Waals surface area contributed by atoms with E-state index in [4.69, 9.17) is 0 Å². The first-order valence-corrected chi connectivity index (χ1v) is 13.8. The highest BCUT2D eigenvalue weighted by atomic mass is 79.9. The van der Waals surface area contributed by atoms with Crippen molar-refractivity contribution >= 4 is 57.0 Å². The summed E-state index contributed by atoms with van der Waals surface area (Å²) in [5.41, 5.74) is 7.82. The molecule has 3 aromatic rings. The fourth-order valence-electron chi connectivity index (χ4n) is 2.58. The van der Waals surface area contributed by atoms with Crippen LogP contribution in [0.3, 0.4) is 0 Å². The fraction of sp³-hybridized carbons (Fsp3) is 0.130. The van der Waals surface area contributed by atoms with Gasteiger partial charge in [-0.1, -0.05) is 57.4 Å². The molecule has 3 aromatic carbocycles. The molecule has 0 atom stereocenters. The van der Waals surface area contributed by atoms with Gasteiger partial charge in [0, 0.05) is 31.6 Å². The summed E-state index contributed by atoms with van der Waals surface area (Å²) in [7, 11) is -1.37. The molecule has 0 saturated heterocycles. The standard InChI is InChI=1S/C23H21Br2NSi/c1-27(2,3)17-16-18-4-10-21(11-5-18)26(22-12-6-19(24)7-13-22)23-14-8-20(25)9-15-23/h4-15H,1-3H3. The Morgan fingerprint density at radius 1 is 0.630 bits per heavy atom. The van der Waals surface area contributed by atoms with Crippen molar-refractivity contribution in [1.29, 1.82) is 0 Å². The number of halogens is 2. The predicted octanol–water partition coefficient (Wildman–Crippen LogP) is 7.91. The lowest BCUT2D eigenvalue weighted by Gasteiger charge is -2.25. The summed E-state index contributed by atoms with van der Waals surface area (Å²) < 4.78 is 2.14. The predicted molar refractivity (Wildman–Crippen MR) is 127 cm³/mol. The molecule has 0 radical (unpaired) electrons. The Balaban J connectivity index is 2.01. The van der Waals surface area contributed by atoms with E-state index in [9.17, 15) is 0 Å². The first-order chi connectivity index (χ1) is 12.8. The Bertz CT molecular complexity index is 915. The molecule has 136 valence electrons. The number of anilines is 3. The van der Waals surface area contributed by atoms with Crippen molar-refractivity contribution in [3.05, 3.63) is 87.3 Å². The third-order valence-corrected chi connectivity index (χ3v) is 5.81. The Hall–Kier alpha value is -1.80. The van der Waals surface area contributed by atoms with Gasteiger partial charge in [-0.05, 0) is 72.8 Å². The smallest absolute Gasteiger partial charge is 0.129 e. The quantitative estimate of drug-likeness (QED) is 0.262. The van der Waals surface area contributed by atoms with Crippen molar-refractivity contribution in [2.24, 2.45) is 0 Å². The lowest BCUT2D eigenvalue weighted by atomic mass is 10.1. The van der Waals surface area contributed by atoms with Gasteiger partial charge < -0.3 is 4.90 Å². The van der Waals surface area contributed by atoms with E-state index in [1.165, 1.54) is 0 Å². The van der Waals surface area contributed by atoms with Gasteiger partial charge in [0.15, 0.2) is 0 Å². The average molecular weight is 499 g/mol. The topological polar surface area (TPSA) is 3.24 Å². The summed E-state index contributed by atoms with van der Waals surface area (Å²) >= 11 is 7.05. The molecule has 0 aliphatic carbocycles. The number of hydrogen-bond donors (Lipinski definition) is 0. The molecule has 1 nitrogen and oxygen atoms in total. The highest BCUT2D eigenvalue weighted by Crippen LogP contribution is 2.35. The van der Waals surface area contributed by atoms with E-state index >= 15 is 0 Å². The number of nitrogens with zero attached hydrogens (tertiary/aromatic N) is 1. The summed E-state index contributed by atoms with van der Waals surface area (Å²) in [6, 6.07) is 25.2. The summed E-state index contributed by atoms with van der Waals surface area (Å²) in [5, 5.41) is 0. The molecular formula is C23H21Br2NSi. The second kappa shape index (κ2) is 8.47. The molecule has 0 aromatic heterocycles. The van der Waals surface area contributed by atoms with Crippen molar-refractivity contribution in [1.82, 2.24) is 0 Å². The monoisotopic (exact) mass is 497 g/mol. The van der Waals surface area contributed by atoms with Gasteiger partial charge in [0.05, 0.1) is 0 Å². The van der Waals surface area contributed by atoms with E-state index in [0.717, 1.165) is 31.6 Å². The molecule has 0 spiro atoms. The largest absolute Gasteiger partial charge is 0.311 e. The van der Waals surface area contributed by atoms with E-state index in [1.807, 2.05) is 0 Å². The molecule has 0 fully saturated rings. The molecule has 27 heavy (non-hydrogen) atoms. The summed E-state index contributed by atoms with van der Waals surface area (Å²) in [5.74, 6) is 3.33. The highest BCUT2D eigenvalue weighted by Gasteiger charge is 2.12. The van der Waals surface area contributed by atoms with Crippen LogP contribution < -0.4 is 4.90 Å². The van der Waals surface area contributed by atoms with E-state index in [0.29, 0.717) is 0 Å². The molecule has 0 aliphatic heterocycles. The third-order valence-electron chi connectivity index (χ3n) is 3.88. The van der Waals surface area contributed by atoms with Crippen molar-refractivity contribution in [3.63, 3.8) is 0 Å². The molecule has 0 aliphatic rings. The van der Waals surface area contributed by atoms with Crippen LogP contribution in [-0.4, -0.2) is 8.07 Å². The maximum Gasteiger partial charge on any atom is 0.129 e. The van der Waals surface area contributed by atoms with Crippen LogP contribution in [0.4, 0.5) is 17.1 Å². The summed E-state index contributed by atoms with van der Waals surface area (Å²) in [6.07, 6.45) is 0. The molecule has 0 saturated carbocycles. The second-order valence-electron chi connectivity index (χ2n) is 7.34. The Morgan fingerprint density at radius 2 is 1.00 bits per heavy atom. The molecule has 0 N–H and O–H groups in total. The molecule has 0 bridgehead atoms. The van der Waals surface area contributed by atoms with Gasteiger partial charge in [-0.25, -0.2) is 0 Å². The first kappa shape index (κ1) is 19.9. The zero-order valence-corrected chi connectivity index (χ0v) is 19.8.